The number of carbonyl (C=O) groups excluding carboxylic acids is 1. The summed E-state index contributed by atoms with van der Waals surface area (Å²) in [5, 5.41) is 27.2. The van der Waals surface area contributed by atoms with Crippen molar-refractivity contribution >= 4 is 34.5 Å². The molecule has 0 bridgehead atoms. The molecular weight excluding hydrogens is 384 g/mol. The van der Waals surface area contributed by atoms with Gasteiger partial charge in [-0.2, -0.15) is 9.97 Å². The van der Waals surface area contributed by atoms with Crippen LogP contribution in [-0.2, 0) is 4.79 Å². The molecule has 0 saturated heterocycles. The van der Waals surface area contributed by atoms with E-state index in [1.807, 2.05) is 0 Å². The molecule has 4 atom stereocenters. The second kappa shape index (κ2) is 7.81. The van der Waals surface area contributed by atoms with Crippen LogP contribution < -0.4 is 10.6 Å². The van der Waals surface area contributed by atoms with E-state index >= 15 is 0 Å². The molecule has 4 N–H and O–H groups in total. The minimum absolute atomic E-state index is 0.0959. The molecule has 2 heterocycles. The van der Waals surface area contributed by atoms with Gasteiger partial charge in [-0.25, -0.2) is 4.98 Å². The van der Waals surface area contributed by atoms with Gasteiger partial charge in [0.15, 0.2) is 17.0 Å². The van der Waals surface area contributed by atoms with E-state index in [2.05, 4.69) is 25.6 Å². The number of anilines is 1. The van der Waals surface area contributed by atoms with Crippen LogP contribution in [0.5, 0.6) is 0 Å². The van der Waals surface area contributed by atoms with Crippen LogP contribution in [0, 0.1) is 0 Å². The second-order valence-electron chi connectivity index (χ2n) is 7.60. The van der Waals surface area contributed by atoms with Crippen molar-refractivity contribution in [2.24, 2.45) is 0 Å². The van der Waals surface area contributed by atoms with Gasteiger partial charge in [0.2, 0.25) is 11.2 Å². The molecule has 0 radical (unpaired) electrons. The summed E-state index contributed by atoms with van der Waals surface area (Å²) in [6, 6.07) is -0.669. The summed E-state index contributed by atoms with van der Waals surface area (Å²) in [6.07, 6.45) is 4.68. The number of nitrogens with one attached hydrogen (secondary N) is 2. The molecule has 2 aliphatic carbocycles. The third-order valence-corrected chi connectivity index (χ3v) is 5.94. The van der Waals surface area contributed by atoms with Crippen LogP contribution in [0.15, 0.2) is 6.33 Å². The quantitative estimate of drug-likeness (QED) is 0.551. The summed E-state index contributed by atoms with van der Waals surface area (Å²) in [5.41, 5.74) is 1.08. The summed E-state index contributed by atoms with van der Waals surface area (Å²) in [4.78, 5) is 24.8. The zero-order valence-electron chi connectivity index (χ0n) is 15.7. The van der Waals surface area contributed by atoms with Crippen molar-refractivity contribution in [3.63, 3.8) is 0 Å². The van der Waals surface area contributed by atoms with Gasteiger partial charge in [-0.1, -0.05) is 19.8 Å². The summed E-state index contributed by atoms with van der Waals surface area (Å²) in [7, 11) is 0. The Kier molecular flexibility index (Phi) is 5.39. The minimum atomic E-state index is -1.06. The number of imidazole rings is 1. The molecule has 152 valence electrons. The number of aromatic nitrogens is 4. The fourth-order valence-electron chi connectivity index (χ4n) is 4.23. The van der Waals surface area contributed by atoms with E-state index in [9.17, 15) is 15.0 Å². The molecule has 4 rings (SSSR count). The number of hydrogen-bond acceptors (Lipinski definition) is 7. The van der Waals surface area contributed by atoms with Gasteiger partial charge in [-0.3, -0.25) is 4.79 Å². The van der Waals surface area contributed by atoms with Gasteiger partial charge in [-0.05, 0) is 30.9 Å². The highest BCUT2D eigenvalue weighted by molar-refractivity contribution is 6.28. The zero-order chi connectivity index (χ0) is 19.8. The zero-order valence-corrected chi connectivity index (χ0v) is 16.4. The minimum Gasteiger partial charge on any atom is -0.388 e. The van der Waals surface area contributed by atoms with Gasteiger partial charge in [0, 0.05) is 12.5 Å². The first kappa shape index (κ1) is 19.4. The lowest BCUT2D eigenvalue weighted by Crippen LogP contribution is -2.42. The molecule has 0 aliphatic heterocycles. The number of aliphatic hydroxyl groups excluding tert-OH is 2. The van der Waals surface area contributed by atoms with E-state index in [1.165, 1.54) is 12.8 Å². The first-order valence-electron chi connectivity index (χ1n) is 9.80. The lowest BCUT2D eigenvalue weighted by molar-refractivity contribution is -0.122. The fourth-order valence-corrected chi connectivity index (χ4v) is 4.40. The smallest absolute Gasteiger partial charge is 0.226 e. The van der Waals surface area contributed by atoms with Crippen molar-refractivity contribution in [1.29, 1.82) is 0 Å². The maximum Gasteiger partial charge on any atom is 0.226 e. The normalized spacial score (nSPS) is 28.1. The predicted octanol–water partition coefficient (Wildman–Crippen LogP) is 1.40. The molecule has 1 amide bonds. The van der Waals surface area contributed by atoms with Crippen molar-refractivity contribution in [1.82, 2.24) is 24.8 Å². The fraction of sp³-hybridized carbons (Fsp3) is 0.667. The van der Waals surface area contributed by atoms with E-state index in [0.717, 1.165) is 12.8 Å². The molecule has 0 aromatic carbocycles. The highest BCUT2D eigenvalue weighted by Gasteiger charge is 2.43. The Morgan fingerprint density at radius 1 is 1.29 bits per heavy atom. The van der Waals surface area contributed by atoms with E-state index in [4.69, 9.17) is 11.6 Å². The van der Waals surface area contributed by atoms with E-state index in [1.54, 1.807) is 17.8 Å². The van der Waals surface area contributed by atoms with Crippen LogP contribution >= 0.6 is 11.6 Å². The lowest BCUT2D eigenvalue weighted by atomic mass is 10.2. The average Bonchev–Trinajstić information content (AvgIpc) is 3.38. The summed E-state index contributed by atoms with van der Waals surface area (Å²) >= 11 is 6.15. The molecule has 2 aromatic heterocycles. The van der Waals surface area contributed by atoms with Gasteiger partial charge in [0.1, 0.15) is 12.2 Å². The molecule has 0 spiro atoms. The van der Waals surface area contributed by atoms with Crippen LogP contribution in [-0.4, -0.2) is 59.9 Å². The van der Waals surface area contributed by atoms with Crippen LogP contribution in [0.1, 0.15) is 51.5 Å². The van der Waals surface area contributed by atoms with E-state index in [-0.39, 0.29) is 11.2 Å². The topological polar surface area (TPSA) is 125 Å². The van der Waals surface area contributed by atoms with Crippen LogP contribution in [0.3, 0.4) is 0 Å². The molecule has 0 unspecified atom stereocenters. The number of hydrogen-bond donors (Lipinski definition) is 4. The molecule has 9 nitrogen and oxygen atoms in total. The standard InChI is InChI=1S/C18H25ClN6O3/c1-2-12(26)22-10-7-11(15(28)14(10)27)25-8-20-13-16(21-9-5-3-4-6-9)23-18(19)24-17(13)25/h8-11,14-15,27-28H,2-7H2,1H3,(H,22,26)(H,21,23,24)/t10-,11+,14+,15-/m0/s1. The molecule has 2 fully saturated rings. The summed E-state index contributed by atoms with van der Waals surface area (Å²) in [5.74, 6) is 0.422. The largest absolute Gasteiger partial charge is 0.388 e. The van der Waals surface area contributed by atoms with Gasteiger partial charge >= 0.3 is 0 Å². The number of halogens is 1. The molecule has 2 aromatic rings. The predicted molar refractivity (Wildman–Crippen MR) is 104 cm³/mol. The SMILES string of the molecule is CCC(=O)N[C@H]1C[C@@H](n2cnc3c(NC4CCCC4)nc(Cl)nc32)[C@H](O)[C@@H]1O. The first-order chi connectivity index (χ1) is 13.5. The monoisotopic (exact) mass is 408 g/mol. The molecule has 2 saturated carbocycles. The Hall–Kier alpha value is -1.97. The Bertz CT molecular complexity index is 868. The number of carbonyl (C=O) groups is 1. The van der Waals surface area contributed by atoms with E-state index < -0.39 is 24.3 Å². The molecule has 10 heteroatoms. The van der Waals surface area contributed by atoms with Crippen molar-refractivity contribution < 1.29 is 15.0 Å². The summed E-state index contributed by atoms with van der Waals surface area (Å²) in [6.45, 7) is 1.74. The Balaban J connectivity index is 1.64. The molecule has 2 aliphatic rings. The van der Waals surface area contributed by atoms with Gasteiger partial charge in [-0.15, -0.1) is 0 Å². The van der Waals surface area contributed by atoms with Crippen LogP contribution in [0.2, 0.25) is 5.28 Å². The maximum absolute atomic E-state index is 11.7. The third-order valence-electron chi connectivity index (χ3n) is 5.77. The average molecular weight is 409 g/mol. The highest BCUT2D eigenvalue weighted by atomic mass is 35.5. The van der Waals surface area contributed by atoms with Crippen LogP contribution in [0.25, 0.3) is 11.2 Å². The van der Waals surface area contributed by atoms with Crippen LogP contribution in [0.4, 0.5) is 5.82 Å². The van der Waals surface area contributed by atoms with E-state index in [0.29, 0.717) is 35.9 Å². The number of amides is 1. The van der Waals surface area contributed by atoms with Crippen molar-refractivity contribution in [3.8, 4) is 0 Å². The number of fused-ring (bicyclic) bond motifs is 1. The number of aliphatic hydroxyl groups is 2. The van der Waals surface area contributed by atoms with Crippen molar-refractivity contribution in [3.05, 3.63) is 11.6 Å². The Morgan fingerprint density at radius 2 is 2.04 bits per heavy atom. The molecule has 28 heavy (non-hydrogen) atoms. The van der Waals surface area contributed by atoms with Crippen molar-refractivity contribution in [2.45, 2.75) is 75.8 Å². The number of rotatable bonds is 5. The van der Waals surface area contributed by atoms with Gasteiger partial charge < -0.3 is 25.4 Å². The van der Waals surface area contributed by atoms with Gasteiger partial charge in [0.25, 0.3) is 0 Å². The molecular formula is C18H25ClN6O3. The second-order valence-corrected chi connectivity index (χ2v) is 7.94. The lowest BCUT2D eigenvalue weighted by Gasteiger charge is -2.18. The van der Waals surface area contributed by atoms with Crippen molar-refractivity contribution in [2.75, 3.05) is 5.32 Å². The number of nitrogens with zero attached hydrogens (tertiary/aromatic N) is 4. The first-order valence-corrected chi connectivity index (χ1v) is 10.2. The Morgan fingerprint density at radius 3 is 2.75 bits per heavy atom. The highest BCUT2D eigenvalue weighted by Crippen LogP contribution is 2.35. The third kappa shape index (κ3) is 3.54. The van der Waals surface area contributed by atoms with Gasteiger partial charge in [0.05, 0.1) is 18.4 Å². The Labute approximate surface area is 167 Å². The maximum atomic E-state index is 11.7. The summed E-state index contributed by atoms with van der Waals surface area (Å²) < 4.78 is 1.72.